The number of allylic oxidation sites excluding steroid dienone is 1. The number of carboxylic acids is 1. The monoisotopic (exact) mass is 370 g/mol. The van der Waals surface area contributed by atoms with E-state index in [-0.39, 0.29) is 6.67 Å². The molecule has 0 heterocycles. The Morgan fingerprint density at radius 3 is 2.41 bits per heavy atom. The van der Waals surface area contributed by atoms with Crippen LogP contribution >= 0.6 is 0 Å². The second kappa shape index (κ2) is 11.9. The number of rotatable bonds is 12. The van der Waals surface area contributed by atoms with Crippen molar-refractivity contribution in [3.05, 3.63) is 77.6 Å². The summed E-state index contributed by atoms with van der Waals surface area (Å²) in [6.45, 7) is -0.210. The molecule has 0 radical (unpaired) electrons. The summed E-state index contributed by atoms with van der Waals surface area (Å²) in [6, 6.07) is 14.7. The van der Waals surface area contributed by atoms with Gasteiger partial charge in [-0.1, -0.05) is 49.6 Å². The molecule has 0 spiro atoms. The molecule has 2 aromatic carbocycles. The molecular weight excluding hydrogens is 343 g/mol. The van der Waals surface area contributed by atoms with E-state index in [1.807, 2.05) is 42.5 Å². The van der Waals surface area contributed by atoms with Gasteiger partial charge in [0, 0.05) is 0 Å². The van der Waals surface area contributed by atoms with Gasteiger partial charge in [-0.15, -0.1) is 0 Å². The predicted octanol–water partition coefficient (Wildman–Crippen LogP) is 6.18. The van der Waals surface area contributed by atoms with E-state index in [9.17, 15) is 14.3 Å². The molecule has 144 valence electrons. The van der Waals surface area contributed by atoms with E-state index in [2.05, 4.69) is 0 Å². The minimum absolute atomic E-state index is 0.210. The zero-order valence-electron chi connectivity index (χ0n) is 15.6. The van der Waals surface area contributed by atoms with E-state index in [4.69, 9.17) is 4.74 Å². The van der Waals surface area contributed by atoms with Gasteiger partial charge < -0.3 is 9.84 Å². The van der Waals surface area contributed by atoms with E-state index in [1.165, 1.54) is 0 Å². The van der Waals surface area contributed by atoms with Gasteiger partial charge in [0.15, 0.2) is 0 Å². The van der Waals surface area contributed by atoms with Crippen molar-refractivity contribution in [1.29, 1.82) is 0 Å². The summed E-state index contributed by atoms with van der Waals surface area (Å²) in [5, 5.41) is 9.26. The summed E-state index contributed by atoms with van der Waals surface area (Å²) in [7, 11) is 0. The molecule has 2 aromatic rings. The molecule has 0 saturated carbocycles. The van der Waals surface area contributed by atoms with Crippen LogP contribution in [0.5, 0.6) is 5.75 Å². The third-order valence-electron chi connectivity index (χ3n) is 4.37. The minimum Gasteiger partial charge on any atom is -0.478 e. The summed E-state index contributed by atoms with van der Waals surface area (Å²) in [4.78, 5) is 11.3. The van der Waals surface area contributed by atoms with Gasteiger partial charge in [0.2, 0.25) is 0 Å². The van der Waals surface area contributed by atoms with Crippen molar-refractivity contribution in [3.63, 3.8) is 0 Å². The molecule has 27 heavy (non-hydrogen) atoms. The van der Waals surface area contributed by atoms with Crippen LogP contribution in [-0.4, -0.2) is 17.8 Å². The van der Waals surface area contributed by atoms with Gasteiger partial charge in [0.25, 0.3) is 0 Å². The number of benzene rings is 2. The lowest BCUT2D eigenvalue weighted by Crippen LogP contribution is -2.02. The number of aromatic carboxylic acids is 1. The molecular formula is C23H27FO3. The maximum absolute atomic E-state index is 12.0. The molecule has 0 bridgehead atoms. The number of halogens is 1. The van der Waals surface area contributed by atoms with Crippen LogP contribution in [0.3, 0.4) is 0 Å². The summed E-state index contributed by atoms with van der Waals surface area (Å²) in [5.74, 6) is -0.150. The van der Waals surface area contributed by atoms with E-state index in [0.717, 1.165) is 49.0 Å². The fourth-order valence-electron chi connectivity index (χ4n) is 2.87. The Morgan fingerprint density at radius 1 is 0.963 bits per heavy atom. The van der Waals surface area contributed by atoms with Crippen LogP contribution in [-0.2, 0) is 6.42 Å². The molecule has 0 aliphatic rings. The first-order valence-corrected chi connectivity index (χ1v) is 9.48. The molecule has 0 saturated heterocycles. The largest absolute Gasteiger partial charge is 0.478 e. The summed E-state index contributed by atoms with van der Waals surface area (Å²) in [5.41, 5.74) is 2.17. The maximum Gasteiger partial charge on any atom is 0.335 e. The molecule has 0 fully saturated rings. The van der Waals surface area contributed by atoms with Gasteiger partial charge in [-0.3, -0.25) is 4.39 Å². The van der Waals surface area contributed by atoms with Crippen molar-refractivity contribution in [2.24, 2.45) is 0 Å². The predicted molar refractivity (Wildman–Crippen MR) is 106 cm³/mol. The number of carboxylic acid groups (broad SMARTS) is 1. The Morgan fingerprint density at radius 2 is 1.67 bits per heavy atom. The molecule has 3 nitrogen and oxygen atoms in total. The number of alkyl halides is 1. The molecule has 4 heteroatoms. The second-order valence-corrected chi connectivity index (χ2v) is 6.52. The van der Waals surface area contributed by atoms with Crippen LogP contribution in [0.25, 0.3) is 0 Å². The molecule has 0 amide bonds. The van der Waals surface area contributed by atoms with Crippen LogP contribution < -0.4 is 4.74 Å². The Balaban J connectivity index is 1.75. The second-order valence-electron chi connectivity index (χ2n) is 6.52. The van der Waals surface area contributed by atoms with E-state index >= 15 is 0 Å². The van der Waals surface area contributed by atoms with Gasteiger partial charge in [-0.05, 0) is 61.1 Å². The first-order valence-electron chi connectivity index (χ1n) is 9.48. The quantitative estimate of drug-likeness (QED) is 0.358. The van der Waals surface area contributed by atoms with Gasteiger partial charge in [-0.25, -0.2) is 4.79 Å². The van der Waals surface area contributed by atoms with Gasteiger partial charge in [0.1, 0.15) is 5.75 Å². The molecule has 0 aliphatic heterocycles. The first-order chi connectivity index (χ1) is 13.2. The van der Waals surface area contributed by atoms with Crippen molar-refractivity contribution in [3.8, 4) is 5.75 Å². The minimum atomic E-state index is -0.905. The summed E-state index contributed by atoms with van der Waals surface area (Å²) >= 11 is 0. The molecule has 0 atom stereocenters. The molecule has 0 aromatic heterocycles. The molecule has 0 aliphatic carbocycles. The average molecular weight is 370 g/mol. The van der Waals surface area contributed by atoms with Crippen molar-refractivity contribution in [1.82, 2.24) is 0 Å². The van der Waals surface area contributed by atoms with Crippen LogP contribution in [0.1, 0.15) is 60.0 Å². The first kappa shape index (κ1) is 20.7. The highest BCUT2D eigenvalue weighted by Crippen LogP contribution is 2.18. The van der Waals surface area contributed by atoms with Crippen LogP contribution in [0.15, 0.2) is 60.9 Å². The lowest BCUT2D eigenvalue weighted by atomic mass is 10.00. The maximum atomic E-state index is 12.0. The fourth-order valence-corrected chi connectivity index (χ4v) is 2.87. The highest BCUT2D eigenvalue weighted by molar-refractivity contribution is 5.89. The zero-order valence-corrected chi connectivity index (χ0v) is 15.6. The molecule has 1 N–H and O–H groups in total. The third kappa shape index (κ3) is 7.65. The summed E-state index contributed by atoms with van der Waals surface area (Å²) in [6.07, 6.45) is 10.2. The molecule has 0 unspecified atom stereocenters. The van der Waals surface area contributed by atoms with Gasteiger partial charge in [-0.2, -0.15) is 0 Å². The third-order valence-corrected chi connectivity index (χ3v) is 4.37. The van der Waals surface area contributed by atoms with Crippen molar-refractivity contribution < 1.29 is 19.0 Å². The standard InChI is InChI=1S/C23H27FO3/c24-16-8-4-2-1-3-5-9-17-27-21-14-12-19(13-15-21)18-20-10-6-7-11-22(20)23(25)26/h6-7,9-15,17H,1-5,8,16,18H2,(H,25,26). The van der Waals surface area contributed by atoms with Crippen molar-refractivity contribution >= 4 is 5.97 Å². The lowest BCUT2D eigenvalue weighted by Gasteiger charge is -2.07. The van der Waals surface area contributed by atoms with Crippen molar-refractivity contribution in [2.45, 2.75) is 44.9 Å². The van der Waals surface area contributed by atoms with Gasteiger partial charge in [0.05, 0.1) is 18.5 Å². The SMILES string of the molecule is O=C(O)c1ccccc1Cc1ccc(OC=CCCCCCCCF)cc1. The van der Waals surface area contributed by atoms with Crippen molar-refractivity contribution in [2.75, 3.05) is 6.67 Å². The number of carbonyl (C=O) groups is 1. The highest BCUT2D eigenvalue weighted by Gasteiger charge is 2.09. The van der Waals surface area contributed by atoms with Crippen LogP contribution in [0.4, 0.5) is 4.39 Å². The number of ether oxygens (including phenoxy) is 1. The number of hydrogen-bond donors (Lipinski definition) is 1. The Labute approximate surface area is 160 Å². The fraction of sp³-hybridized carbons (Fsp3) is 0.348. The summed E-state index contributed by atoms with van der Waals surface area (Å²) < 4.78 is 17.6. The smallest absolute Gasteiger partial charge is 0.335 e. The lowest BCUT2D eigenvalue weighted by molar-refractivity contribution is 0.0696. The normalized spacial score (nSPS) is 11.0. The number of hydrogen-bond acceptors (Lipinski definition) is 2. The Hall–Kier alpha value is -2.62. The Bertz CT molecular complexity index is 723. The molecule has 2 rings (SSSR count). The highest BCUT2D eigenvalue weighted by atomic mass is 19.1. The van der Waals surface area contributed by atoms with Crippen LogP contribution in [0.2, 0.25) is 0 Å². The van der Waals surface area contributed by atoms with Crippen LogP contribution in [0, 0.1) is 0 Å². The van der Waals surface area contributed by atoms with Gasteiger partial charge >= 0.3 is 5.97 Å². The number of unbranched alkanes of at least 4 members (excludes halogenated alkanes) is 5. The Kier molecular flexibility index (Phi) is 9.11. The zero-order chi connectivity index (χ0) is 19.3. The topological polar surface area (TPSA) is 46.5 Å². The van der Waals surface area contributed by atoms with E-state index < -0.39 is 5.97 Å². The van der Waals surface area contributed by atoms with E-state index in [1.54, 1.807) is 18.4 Å². The van der Waals surface area contributed by atoms with E-state index in [0.29, 0.717) is 18.4 Å². The average Bonchev–Trinajstić information content (AvgIpc) is 2.68.